The highest BCUT2D eigenvalue weighted by Gasteiger charge is 2.13. The number of phenols is 3. The number of benzene rings is 2. The zero-order valence-corrected chi connectivity index (χ0v) is 14.6. The highest BCUT2D eigenvalue weighted by atomic mass is 32.1. The average Bonchev–Trinajstić information content (AvgIpc) is 3.13. The van der Waals surface area contributed by atoms with Crippen molar-refractivity contribution in [1.82, 2.24) is 9.66 Å². The first-order chi connectivity index (χ1) is 13.1. The van der Waals surface area contributed by atoms with E-state index in [1.165, 1.54) is 36.0 Å². The Morgan fingerprint density at radius 3 is 2.59 bits per heavy atom. The predicted octanol–water partition coefficient (Wildman–Crippen LogP) is 3.12. The lowest BCUT2D eigenvalue weighted by atomic mass is 10.1. The fourth-order valence-corrected chi connectivity index (χ4v) is 3.56. The molecule has 7 nitrogen and oxygen atoms in total. The normalized spacial score (nSPS) is 11.4. The van der Waals surface area contributed by atoms with Gasteiger partial charge >= 0.3 is 0 Å². The molecule has 0 fully saturated rings. The van der Waals surface area contributed by atoms with Crippen LogP contribution in [0.1, 0.15) is 5.56 Å². The number of aromatic hydroxyl groups is 3. The first kappa shape index (κ1) is 16.8. The van der Waals surface area contributed by atoms with Crippen molar-refractivity contribution < 1.29 is 15.3 Å². The highest BCUT2D eigenvalue weighted by Crippen LogP contribution is 2.36. The standard InChI is InChI=1S/C19H13N3O4S/c23-14-7-6-12(16(24)17(14)25)8-21-22-10-20-18-15(19(22)26)13(9-27-18)11-4-2-1-3-5-11/h1-10,23-25H. The molecule has 8 heteroatoms. The number of thiophene rings is 1. The van der Waals surface area contributed by atoms with Gasteiger partial charge in [0, 0.05) is 16.5 Å². The van der Waals surface area contributed by atoms with E-state index in [2.05, 4.69) is 10.1 Å². The van der Waals surface area contributed by atoms with Gasteiger partial charge in [0.2, 0.25) is 5.75 Å². The van der Waals surface area contributed by atoms with Crippen molar-refractivity contribution in [3.05, 3.63) is 70.1 Å². The van der Waals surface area contributed by atoms with Crippen LogP contribution in [0.15, 0.2) is 64.1 Å². The fourth-order valence-electron chi connectivity index (χ4n) is 2.65. The molecule has 27 heavy (non-hydrogen) atoms. The molecule has 0 atom stereocenters. The summed E-state index contributed by atoms with van der Waals surface area (Å²) in [5.74, 6) is -1.62. The second kappa shape index (κ2) is 6.58. The molecule has 0 bridgehead atoms. The van der Waals surface area contributed by atoms with Crippen LogP contribution in [0.4, 0.5) is 0 Å². The molecule has 0 aliphatic carbocycles. The van der Waals surface area contributed by atoms with E-state index in [-0.39, 0.29) is 11.1 Å². The number of phenolic OH excluding ortho intramolecular Hbond substituents is 3. The summed E-state index contributed by atoms with van der Waals surface area (Å²) in [6.45, 7) is 0. The summed E-state index contributed by atoms with van der Waals surface area (Å²) in [6.07, 6.45) is 2.50. The van der Waals surface area contributed by atoms with E-state index in [0.717, 1.165) is 15.8 Å². The van der Waals surface area contributed by atoms with Gasteiger partial charge in [-0.3, -0.25) is 4.79 Å². The molecule has 0 aliphatic heterocycles. The third-order valence-corrected chi connectivity index (χ3v) is 4.93. The van der Waals surface area contributed by atoms with Crippen molar-refractivity contribution in [2.24, 2.45) is 5.10 Å². The van der Waals surface area contributed by atoms with Crippen molar-refractivity contribution >= 4 is 27.8 Å². The van der Waals surface area contributed by atoms with Crippen LogP contribution in [-0.2, 0) is 0 Å². The SMILES string of the molecule is O=c1c2c(-c3ccccc3)csc2ncn1N=Cc1ccc(O)c(O)c1O. The third kappa shape index (κ3) is 2.91. The number of rotatable bonds is 3. The molecule has 0 amide bonds. The second-order valence-electron chi connectivity index (χ2n) is 5.71. The quantitative estimate of drug-likeness (QED) is 0.374. The summed E-state index contributed by atoms with van der Waals surface area (Å²) < 4.78 is 1.06. The van der Waals surface area contributed by atoms with E-state index in [1.54, 1.807) is 0 Å². The highest BCUT2D eigenvalue weighted by molar-refractivity contribution is 7.17. The maximum absolute atomic E-state index is 12.9. The van der Waals surface area contributed by atoms with E-state index in [4.69, 9.17) is 0 Å². The molecule has 2 aromatic carbocycles. The number of fused-ring (bicyclic) bond motifs is 1. The number of aromatic nitrogens is 2. The van der Waals surface area contributed by atoms with Crippen molar-refractivity contribution in [3.63, 3.8) is 0 Å². The summed E-state index contributed by atoms with van der Waals surface area (Å²) in [7, 11) is 0. The minimum absolute atomic E-state index is 0.144. The molecule has 134 valence electrons. The minimum Gasteiger partial charge on any atom is -0.504 e. The Hall–Kier alpha value is -3.65. The van der Waals surface area contributed by atoms with Crippen LogP contribution in [0.2, 0.25) is 0 Å². The van der Waals surface area contributed by atoms with Gasteiger partial charge < -0.3 is 15.3 Å². The van der Waals surface area contributed by atoms with E-state index >= 15 is 0 Å². The first-order valence-electron chi connectivity index (χ1n) is 7.89. The van der Waals surface area contributed by atoms with Gasteiger partial charge in [0.15, 0.2) is 11.5 Å². The van der Waals surface area contributed by atoms with E-state index in [0.29, 0.717) is 10.2 Å². The van der Waals surface area contributed by atoms with Gasteiger partial charge in [0.25, 0.3) is 5.56 Å². The fraction of sp³-hybridized carbons (Fsp3) is 0. The van der Waals surface area contributed by atoms with Gasteiger partial charge in [-0.15, -0.1) is 11.3 Å². The van der Waals surface area contributed by atoms with E-state index in [9.17, 15) is 20.1 Å². The summed E-state index contributed by atoms with van der Waals surface area (Å²) >= 11 is 1.37. The Morgan fingerprint density at radius 1 is 1.04 bits per heavy atom. The summed E-state index contributed by atoms with van der Waals surface area (Å²) in [4.78, 5) is 17.8. The Bertz CT molecular complexity index is 1230. The van der Waals surface area contributed by atoms with Crippen molar-refractivity contribution in [1.29, 1.82) is 0 Å². The van der Waals surface area contributed by atoms with Crippen LogP contribution in [0.5, 0.6) is 17.2 Å². The van der Waals surface area contributed by atoms with Gasteiger partial charge in [0.05, 0.1) is 11.6 Å². The monoisotopic (exact) mass is 379 g/mol. The molecule has 2 heterocycles. The van der Waals surface area contributed by atoms with Crippen molar-refractivity contribution in [2.45, 2.75) is 0 Å². The van der Waals surface area contributed by atoms with Crippen LogP contribution in [-0.4, -0.2) is 31.2 Å². The molecule has 0 aliphatic rings. The van der Waals surface area contributed by atoms with Crippen LogP contribution >= 0.6 is 11.3 Å². The molecule has 0 unspecified atom stereocenters. The van der Waals surface area contributed by atoms with Crippen molar-refractivity contribution in [3.8, 4) is 28.4 Å². The molecule has 4 rings (SSSR count). The molecule has 0 saturated carbocycles. The van der Waals surface area contributed by atoms with Gasteiger partial charge in [-0.25, -0.2) is 4.98 Å². The lowest BCUT2D eigenvalue weighted by molar-refractivity contribution is 0.367. The topological polar surface area (TPSA) is 108 Å². The molecular formula is C19H13N3O4S. The summed E-state index contributed by atoms with van der Waals surface area (Å²) in [6, 6.07) is 12.1. The average molecular weight is 379 g/mol. The molecular weight excluding hydrogens is 366 g/mol. The maximum atomic E-state index is 12.9. The maximum Gasteiger partial charge on any atom is 0.283 e. The van der Waals surface area contributed by atoms with Gasteiger partial charge in [-0.1, -0.05) is 30.3 Å². The number of hydrogen-bond acceptors (Lipinski definition) is 7. The summed E-state index contributed by atoms with van der Waals surface area (Å²) in [5, 5.41) is 35.2. The Balaban J connectivity index is 1.81. The predicted molar refractivity (Wildman–Crippen MR) is 104 cm³/mol. The zero-order valence-electron chi connectivity index (χ0n) is 13.8. The molecule has 0 saturated heterocycles. The smallest absolute Gasteiger partial charge is 0.283 e. The van der Waals surface area contributed by atoms with Crippen molar-refractivity contribution in [2.75, 3.05) is 0 Å². The molecule has 0 radical (unpaired) electrons. The molecule has 4 aromatic rings. The largest absolute Gasteiger partial charge is 0.504 e. The van der Waals surface area contributed by atoms with Crippen LogP contribution in [0, 0.1) is 0 Å². The van der Waals surface area contributed by atoms with Crippen LogP contribution < -0.4 is 5.56 Å². The Labute approximate surface area is 156 Å². The van der Waals surface area contributed by atoms with Crippen LogP contribution in [0.3, 0.4) is 0 Å². The first-order valence-corrected chi connectivity index (χ1v) is 8.76. The lowest BCUT2D eigenvalue weighted by Crippen LogP contribution is -2.16. The molecule has 2 aromatic heterocycles. The molecule has 0 spiro atoms. The summed E-state index contributed by atoms with van der Waals surface area (Å²) in [5.41, 5.74) is 1.48. The van der Waals surface area contributed by atoms with Gasteiger partial charge in [-0.2, -0.15) is 9.78 Å². The second-order valence-corrected chi connectivity index (χ2v) is 6.56. The third-order valence-electron chi connectivity index (χ3n) is 4.05. The lowest BCUT2D eigenvalue weighted by Gasteiger charge is -2.04. The minimum atomic E-state index is -0.649. The number of nitrogens with zero attached hydrogens (tertiary/aromatic N) is 3. The van der Waals surface area contributed by atoms with Gasteiger partial charge in [0.1, 0.15) is 11.2 Å². The zero-order chi connectivity index (χ0) is 19.0. The Kier molecular flexibility index (Phi) is 4.09. The van der Waals surface area contributed by atoms with E-state index < -0.39 is 17.2 Å². The Morgan fingerprint density at radius 2 is 1.81 bits per heavy atom. The van der Waals surface area contributed by atoms with Crippen LogP contribution in [0.25, 0.3) is 21.3 Å². The van der Waals surface area contributed by atoms with E-state index in [1.807, 2.05) is 35.7 Å². The molecule has 3 N–H and O–H groups in total. The number of hydrogen-bond donors (Lipinski definition) is 3. The van der Waals surface area contributed by atoms with Gasteiger partial charge in [-0.05, 0) is 17.7 Å².